The second kappa shape index (κ2) is 8.30. The Hall–Kier alpha value is -3.13. The molecule has 0 saturated carbocycles. The molecule has 0 radical (unpaired) electrons. The number of hydrogen-bond acceptors (Lipinski definition) is 5. The predicted octanol–water partition coefficient (Wildman–Crippen LogP) is 2.84. The summed E-state index contributed by atoms with van der Waals surface area (Å²) in [5, 5.41) is 14.5. The number of benzene rings is 2. The van der Waals surface area contributed by atoms with Gasteiger partial charge in [-0.2, -0.15) is 0 Å². The highest BCUT2D eigenvalue weighted by Crippen LogP contribution is 2.22. The zero-order valence-corrected chi connectivity index (χ0v) is 15.3. The van der Waals surface area contributed by atoms with Gasteiger partial charge in [-0.05, 0) is 55.0 Å². The number of thiocarbonyl (C=S) groups is 1. The van der Waals surface area contributed by atoms with Crippen molar-refractivity contribution in [1.29, 1.82) is 0 Å². The molecule has 0 spiro atoms. The van der Waals surface area contributed by atoms with Crippen molar-refractivity contribution in [2.75, 3.05) is 19.5 Å². The molecule has 0 aliphatic rings. The molecule has 8 heteroatoms. The third kappa shape index (κ3) is 4.70. The minimum Gasteiger partial charge on any atom is -0.497 e. The van der Waals surface area contributed by atoms with Crippen molar-refractivity contribution in [3.63, 3.8) is 0 Å². The first-order valence-electron chi connectivity index (χ1n) is 7.53. The van der Waals surface area contributed by atoms with E-state index in [1.54, 1.807) is 31.2 Å². The molecule has 1 amide bonds. The Labute approximate surface area is 155 Å². The maximum Gasteiger partial charge on any atom is 0.335 e. The van der Waals surface area contributed by atoms with Gasteiger partial charge in [-0.3, -0.25) is 10.1 Å². The maximum atomic E-state index is 12.4. The summed E-state index contributed by atoms with van der Waals surface area (Å²) >= 11 is 5.16. The van der Waals surface area contributed by atoms with Crippen molar-refractivity contribution >= 4 is 34.9 Å². The number of methoxy groups -OCH3 is 2. The van der Waals surface area contributed by atoms with E-state index in [1.165, 1.54) is 26.4 Å². The molecular formula is C18H18N2O5S. The first-order valence-corrected chi connectivity index (χ1v) is 7.94. The number of anilines is 1. The SMILES string of the molecule is COc1cc(OC)cc(C(=O)NC(=S)Nc2ccc(C(=O)O)cc2C)c1. The van der Waals surface area contributed by atoms with Gasteiger partial charge in [0.2, 0.25) is 0 Å². The highest BCUT2D eigenvalue weighted by molar-refractivity contribution is 7.80. The van der Waals surface area contributed by atoms with Gasteiger partial charge >= 0.3 is 5.97 Å². The molecule has 0 saturated heterocycles. The monoisotopic (exact) mass is 374 g/mol. The molecule has 0 bridgehead atoms. The Morgan fingerprint density at radius 2 is 1.62 bits per heavy atom. The summed E-state index contributed by atoms with van der Waals surface area (Å²) in [4.78, 5) is 23.4. The molecule has 0 unspecified atom stereocenters. The average molecular weight is 374 g/mol. The second-order valence-electron chi connectivity index (χ2n) is 5.34. The number of hydrogen-bond donors (Lipinski definition) is 3. The zero-order valence-electron chi connectivity index (χ0n) is 14.5. The van der Waals surface area contributed by atoms with Crippen LogP contribution in [0.15, 0.2) is 36.4 Å². The summed E-state index contributed by atoms with van der Waals surface area (Å²) in [6, 6.07) is 9.34. The van der Waals surface area contributed by atoms with E-state index in [2.05, 4.69) is 10.6 Å². The van der Waals surface area contributed by atoms with Gasteiger partial charge in [-0.25, -0.2) is 4.79 Å². The zero-order chi connectivity index (χ0) is 19.3. The van der Waals surface area contributed by atoms with E-state index in [4.69, 9.17) is 26.8 Å². The first kappa shape index (κ1) is 19.2. The van der Waals surface area contributed by atoms with Gasteiger partial charge in [0.1, 0.15) is 11.5 Å². The van der Waals surface area contributed by atoms with Crippen molar-refractivity contribution in [2.45, 2.75) is 6.92 Å². The van der Waals surface area contributed by atoms with Gasteiger partial charge < -0.3 is 19.9 Å². The van der Waals surface area contributed by atoms with Crippen LogP contribution in [-0.2, 0) is 0 Å². The molecule has 7 nitrogen and oxygen atoms in total. The Morgan fingerprint density at radius 3 is 2.12 bits per heavy atom. The largest absolute Gasteiger partial charge is 0.497 e. The third-order valence-corrected chi connectivity index (χ3v) is 3.77. The standard InChI is InChI=1S/C18H18N2O5S/c1-10-6-11(17(22)23)4-5-15(10)19-18(26)20-16(21)12-7-13(24-2)9-14(8-12)25-3/h4-9H,1-3H3,(H,22,23)(H2,19,20,21,26). The number of carboxylic acid groups (broad SMARTS) is 1. The Morgan fingerprint density at radius 1 is 1.00 bits per heavy atom. The van der Waals surface area contributed by atoms with Crippen molar-refractivity contribution in [3.8, 4) is 11.5 Å². The van der Waals surface area contributed by atoms with Gasteiger partial charge in [-0.15, -0.1) is 0 Å². The highest BCUT2D eigenvalue weighted by atomic mass is 32.1. The van der Waals surface area contributed by atoms with Crippen molar-refractivity contribution in [3.05, 3.63) is 53.1 Å². The lowest BCUT2D eigenvalue weighted by molar-refractivity contribution is 0.0696. The fraction of sp³-hybridized carbons (Fsp3) is 0.167. The van der Waals surface area contributed by atoms with E-state index in [9.17, 15) is 9.59 Å². The molecular weight excluding hydrogens is 356 g/mol. The number of ether oxygens (including phenoxy) is 2. The van der Waals surface area contributed by atoms with Crippen LogP contribution in [0.2, 0.25) is 0 Å². The Kier molecular flexibility index (Phi) is 6.13. The van der Waals surface area contributed by atoms with Gasteiger partial charge in [0.25, 0.3) is 5.91 Å². The van der Waals surface area contributed by atoms with Crippen LogP contribution in [-0.4, -0.2) is 36.3 Å². The quantitative estimate of drug-likeness (QED) is 0.693. The van der Waals surface area contributed by atoms with Crippen LogP contribution >= 0.6 is 12.2 Å². The van der Waals surface area contributed by atoms with E-state index in [0.29, 0.717) is 28.3 Å². The lowest BCUT2D eigenvalue weighted by Gasteiger charge is -2.13. The number of carbonyl (C=O) groups excluding carboxylic acids is 1. The van der Waals surface area contributed by atoms with E-state index in [1.807, 2.05) is 0 Å². The van der Waals surface area contributed by atoms with Crippen LogP contribution in [0.25, 0.3) is 0 Å². The normalized spacial score (nSPS) is 9.96. The van der Waals surface area contributed by atoms with E-state index < -0.39 is 11.9 Å². The van der Waals surface area contributed by atoms with Crippen molar-refractivity contribution in [1.82, 2.24) is 5.32 Å². The molecule has 3 N–H and O–H groups in total. The summed E-state index contributed by atoms with van der Waals surface area (Å²) in [5.41, 5.74) is 1.78. The average Bonchev–Trinajstić information content (AvgIpc) is 2.62. The van der Waals surface area contributed by atoms with E-state index in [0.717, 1.165) is 0 Å². The number of carbonyl (C=O) groups is 2. The second-order valence-corrected chi connectivity index (χ2v) is 5.75. The summed E-state index contributed by atoms with van der Waals surface area (Å²) in [6.45, 7) is 1.74. The van der Waals surface area contributed by atoms with Crippen molar-refractivity contribution < 1.29 is 24.2 Å². The van der Waals surface area contributed by atoms with Crippen LogP contribution < -0.4 is 20.1 Å². The number of aromatic carboxylic acids is 1. The van der Waals surface area contributed by atoms with Crippen LogP contribution in [0, 0.1) is 6.92 Å². The summed E-state index contributed by atoms with van der Waals surface area (Å²) in [7, 11) is 2.98. The van der Waals surface area contributed by atoms with Gasteiger partial charge in [0, 0.05) is 17.3 Å². The summed E-state index contributed by atoms with van der Waals surface area (Å²) in [5.74, 6) is -0.482. The van der Waals surface area contributed by atoms with Gasteiger partial charge in [0.15, 0.2) is 5.11 Å². The molecule has 0 aromatic heterocycles. The topological polar surface area (TPSA) is 96.9 Å². The van der Waals surface area contributed by atoms with Gasteiger partial charge in [0.05, 0.1) is 19.8 Å². The lowest BCUT2D eigenvalue weighted by atomic mass is 10.1. The smallest absolute Gasteiger partial charge is 0.335 e. The van der Waals surface area contributed by atoms with Crippen LogP contribution in [0.1, 0.15) is 26.3 Å². The maximum absolute atomic E-state index is 12.4. The number of aryl methyl sites for hydroxylation is 1. The number of amides is 1. The minimum atomic E-state index is -1.01. The van der Waals surface area contributed by atoms with Crippen molar-refractivity contribution in [2.24, 2.45) is 0 Å². The van der Waals surface area contributed by atoms with Crippen LogP contribution in [0.5, 0.6) is 11.5 Å². The molecule has 2 rings (SSSR count). The molecule has 2 aromatic rings. The number of nitrogens with one attached hydrogen (secondary N) is 2. The number of rotatable bonds is 5. The fourth-order valence-electron chi connectivity index (χ4n) is 2.20. The highest BCUT2D eigenvalue weighted by Gasteiger charge is 2.13. The molecule has 0 aliphatic heterocycles. The van der Waals surface area contributed by atoms with Crippen LogP contribution in [0.4, 0.5) is 5.69 Å². The molecule has 136 valence electrons. The lowest BCUT2D eigenvalue weighted by Crippen LogP contribution is -2.34. The summed E-state index contributed by atoms with van der Waals surface area (Å²) < 4.78 is 10.3. The Balaban J connectivity index is 2.10. The van der Waals surface area contributed by atoms with E-state index >= 15 is 0 Å². The fourth-order valence-corrected chi connectivity index (χ4v) is 2.41. The van der Waals surface area contributed by atoms with Crippen LogP contribution in [0.3, 0.4) is 0 Å². The molecule has 0 fully saturated rings. The molecule has 0 atom stereocenters. The third-order valence-electron chi connectivity index (χ3n) is 3.56. The Bertz CT molecular complexity index is 844. The first-order chi connectivity index (χ1) is 12.3. The minimum absolute atomic E-state index is 0.0861. The van der Waals surface area contributed by atoms with Gasteiger partial charge in [-0.1, -0.05) is 0 Å². The van der Waals surface area contributed by atoms with E-state index in [-0.39, 0.29) is 10.7 Å². The summed E-state index contributed by atoms with van der Waals surface area (Å²) in [6.07, 6.45) is 0. The molecule has 2 aromatic carbocycles. The molecule has 0 aliphatic carbocycles. The number of carboxylic acids is 1. The molecule has 0 heterocycles. The predicted molar refractivity (Wildman–Crippen MR) is 101 cm³/mol. The molecule has 26 heavy (non-hydrogen) atoms.